The van der Waals surface area contributed by atoms with E-state index >= 15 is 0 Å². The lowest BCUT2D eigenvalue weighted by molar-refractivity contribution is 0.446. The molecular weight excluding hydrogens is 430 g/mol. The third kappa shape index (κ3) is 4.31. The molecule has 4 rings (SSSR count). The minimum atomic E-state index is -3.87. The predicted octanol–water partition coefficient (Wildman–Crippen LogP) is 4.39. The normalized spacial score (nSPS) is 18.2. The monoisotopic (exact) mass is 455 g/mol. The Kier molecular flexibility index (Phi) is 6.01. The van der Waals surface area contributed by atoms with Gasteiger partial charge in [-0.3, -0.25) is 0 Å². The molecule has 0 aromatic heterocycles. The molecule has 0 unspecified atom stereocenters. The molecule has 2 aromatic rings. The Bertz CT molecular complexity index is 1270. The van der Waals surface area contributed by atoms with E-state index in [-0.39, 0.29) is 27.8 Å². The average molecular weight is 456 g/mol. The molecular formula is C24H25NO4S2. The first kappa shape index (κ1) is 21.7. The van der Waals surface area contributed by atoms with E-state index in [1.807, 2.05) is 25.2 Å². The van der Waals surface area contributed by atoms with Crippen molar-refractivity contribution in [1.82, 2.24) is 4.31 Å². The third-order valence-electron chi connectivity index (χ3n) is 5.64. The SMILES string of the molecule is Cc1ccc(S(=O)(=O)N2CCC3=CCCC=CC3=C(S(=O)(=O)c3ccccc3)C2)cc1. The summed E-state index contributed by atoms with van der Waals surface area (Å²) in [6.45, 7) is 1.93. The molecule has 0 atom stereocenters. The predicted molar refractivity (Wildman–Crippen MR) is 122 cm³/mol. The fraction of sp³-hybridized carbons (Fsp3) is 0.250. The maximum atomic E-state index is 13.6. The molecule has 0 saturated carbocycles. The molecule has 1 aliphatic heterocycles. The van der Waals surface area contributed by atoms with Gasteiger partial charge in [-0.25, -0.2) is 16.8 Å². The van der Waals surface area contributed by atoms with Crippen LogP contribution >= 0.6 is 0 Å². The van der Waals surface area contributed by atoms with Gasteiger partial charge in [0.25, 0.3) is 0 Å². The molecule has 0 amide bonds. The van der Waals surface area contributed by atoms with Crippen LogP contribution in [-0.2, 0) is 19.9 Å². The number of rotatable bonds is 4. The second kappa shape index (κ2) is 8.57. The molecule has 0 N–H and O–H groups in total. The van der Waals surface area contributed by atoms with Gasteiger partial charge in [-0.05, 0) is 61.6 Å². The highest BCUT2D eigenvalue weighted by Gasteiger charge is 2.34. The smallest absolute Gasteiger partial charge is 0.219 e. The van der Waals surface area contributed by atoms with Crippen LogP contribution in [-0.4, -0.2) is 34.2 Å². The van der Waals surface area contributed by atoms with Gasteiger partial charge in [-0.15, -0.1) is 0 Å². The first-order valence-corrected chi connectivity index (χ1v) is 13.2. The van der Waals surface area contributed by atoms with E-state index in [1.165, 1.54) is 4.31 Å². The highest BCUT2D eigenvalue weighted by atomic mass is 32.2. The van der Waals surface area contributed by atoms with Crippen molar-refractivity contribution in [3.8, 4) is 0 Å². The number of benzene rings is 2. The highest BCUT2D eigenvalue weighted by Crippen LogP contribution is 2.35. The number of allylic oxidation sites excluding steroid dienone is 4. The van der Waals surface area contributed by atoms with Crippen LogP contribution in [0.5, 0.6) is 0 Å². The van der Waals surface area contributed by atoms with Gasteiger partial charge in [0.2, 0.25) is 19.9 Å². The fourth-order valence-electron chi connectivity index (χ4n) is 3.89. The largest absolute Gasteiger partial charge is 0.243 e. The van der Waals surface area contributed by atoms with Gasteiger partial charge in [0.05, 0.1) is 21.2 Å². The van der Waals surface area contributed by atoms with Crippen LogP contribution < -0.4 is 0 Å². The summed E-state index contributed by atoms with van der Waals surface area (Å²) in [5, 5.41) is 0. The number of sulfone groups is 1. The standard InChI is InChI=1S/C24H25NO4S2/c1-19-12-14-22(15-13-19)31(28,29)25-17-16-20-8-4-2-7-11-23(20)24(18-25)30(26,27)21-9-5-3-6-10-21/h3,5-15H,2,4,16-18H2,1H3. The van der Waals surface area contributed by atoms with E-state index in [9.17, 15) is 16.8 Å². The molecule has 0 radical (unpaired) electrons. The van der Waals surface area contributed by atoms with Gasteiger partial charge in [0.15, 0.2) is 0 Å². The lowest BCUT2D eigenvalue weighted by Gasteiger charge is -2.22. The van der Waals surface area contributed by atoms with Crippen molar-refractivity contribution in [2.24, 2.45) is 0 Å². The molecule has 2 aromatic carbocycles. The van der Waals surface area contributed by atoms with Crippen molar-refractivity contribution in [3.05, 3.63) is 94.4 Å². The Morgan fingerprint density at radius 3 is 2.26 bits per heavy atom. The van der Waals surface area contributed by atoms with E-state index in [1.54, 1.807) is 54.6 Å². The summed E-state index contributed by atoms with van der Waals surface area (Å²) < 4.78 is 55.3. The lowest BCUT2D eigenvalue weighted by atomic mass is 10.0. The summed E-state index contributed by atoms with van der Waals surface area (Å²) in [6.07, 6.45) is 7.95. The van der Waals surface area contributed by atoms with E-state index in [2.05, 4.69) is 0 Å². The van der Waals surface area contributed by atoms with Gasteiger partial charge < -0.3 is 0 Å². The maximum Gasteiger partial charge on any atom is 0.243 e. The maximum absolute atomic E-state index is 13.6. The zero-order valence-electron chi connectivity index (χ0n) is 17.4. The van der Waals surface area contributed by atoms with Crippen LogP contribution in [0, 0.1) is 6.92 Å². The molecule has 7 heteroatoms. The van der Waals surface area contributed by atoms with Crippen LogP contribution in [0.3, 0.4) is 0 Å². The second-order valence-corrected chi connectivity index (χ2v) is 11.7. The van der Waals surface area contributed by atoms with Crippen molar-refractivity contribution in [3.63, 3.8) is 0 Å². The number of aryl methyl sites for hydroxylation is 1. The van der Waals surface area contributed by atoms with Crippen LogP contribution in [0.1, 0.15) is 24.8 Å². The summed E-state index contributed by atoms with van der Waals surface area (Å²) in [6, 6.07) is 14.9. The van der Waals surface area contributed by atoms with E-state index < -0.39 is 19.9 Å². The first-order valence-electron chi connectivity index (χ1n) is 10.3. The Morgan fingerprint density at radius 2 is 1.55 bits per heavy atom. The number of hydrogen-bond donors (Lipinski definition) is 0. The van der Waals surface area contributed by atoms with Crippen molar-refractivity contribution in [2.75, 3.05) is 13.1 Å². The Labute approximate surface area is 184 Å². The van der Waals surface area contributed by atoms with Crippen molar-refractivity contribution in [1.29, 1.82) is 0 Å². The Balaban J connectivity index is 1.85. The van der Waals surface area contributed by atoms with Crippen molar-refractivity contribution < 1.29 is 16.8 Å². The van der Waals surface area contributed by atoms with Crippen molar-refractivity contribution in [2.45, 2.75) is 36.0 Å². The van der Waals surface area contributed by atoms with Crippen molar-refractivity contribution >= 4 is 19.9 Å². The minimum Gasteiger partial charge on any atom is -0.219 e. The summed E-state index contributed by atoms with van der Waals surface area (Å²) in [5.74, 6) is 0. The van der Waals surface area contributed by atoms with Gasteiger partial charge in [-0.1, -0.05) is 54.1 Å². The average Bonchev–Trinajstić information content (AvgIpc) is 3.10. The van der Waals surface area contributed by atoms with Crippen LogP contribution in [0.15, 0.2) is 98.7 Å². The third-order valence-corrected chi connectivity index (χ3v) is 9.39. The van der Waals surface area contributed by atoms with Gasteiger partial charge in [0, 0.05) is 6.54 Å². The number of nitrogens with zero attached hydrogens (tertiary/aromatic N) is 1. The molecule has 2 aliphatic rings. The molecule has 5 nitrogen and oxygen atoms in total. The highest BCUT2D eigenvalue weighted by molar-refractivity contribution is 7.95. The van der Waals surface area contributed by atoms with E-state index in [0.717, 1.165) is 24.0 Å². The molecule has 162 valence electrons. The molecule has 0 saturated heterocycles. The van der Waals surface area contributed by atoms with Gasteiger partial charge >= 0.3 is 0 Å². The zero-order valence-corrected chi connectivity index (χ0v) is 19.0. The zero-order chi connectivity index (χ0) is 22.1. The summed E-state index contributed by atoms with van der Waals surface area (Å²) in [5.41, 5.74) is 2.48. The van der Waals surface area contributed by atoms with Gasteiger partial charge in [0.1, 0.15) is 0 Å². The first-order chi connectivity index (χ1) is 14.8. The van der Waals surface area contributed by atoms with Crippen LogP contribution in [0.2, 0.25) is 0 Å². The van der Waals surface area contributed by atoms with Gasteiger partial charge in [-0.2, -0.15) is 4.31 Å². The lowest BCUT2D eigenvalue weighted by Crippen LogP contribution is -2.34. The molecule has 31 heavy (non-hydrogen) atoms. The Morgan fingerprint density at radius 1 is 0.839 bits per heavy atom. The molecule has 0 fully saturated rings. The van der Waals surface area contributed by atoms with E-state index in [4.69, 9.17) is 0 Å². The molecule has 0 bridgehead atoms. The molecule has 0 spiro atoms. The summed E-state index contributed by atoms with van der Waals surface area (Å²) in [7, 11) is -7.72. The topological polar surface area (TPSA) is 71.5 Å². The number of hydrogen-bond acceptors (Lipinski definition) is 4. The fourth-order valence-corrected chi connectivity index (χ4v) is 6.99. The number of sulfonamides is 1. The van der Waals surface area contributed by atoms with E-state index in [0.29, 0.717) is 12.0 Å². The van der Waals surface area contributed by atoms with Crippen LogP contribution in [0.25, 0.3) is 0 Å². The quantitative estimate of drug-likeness (QED) is 0.685. The summed E-state index contributed by atoms with van der Waals surface area (Å²) in [4.78, 5) is 0.478. The molecule has 1 aliphatic carbocycles. The molecule has 1 heterocycles. The summed E-state index contributed by atoms with van der Waals surface area (Å²) >= 11 is 0. The number of fused-ring (bicyclic) bond motifs is 1. The minimum absolute atomic E-state index is 0.135. The van der Waals surface area contributed by atoms with Crippen LogP contribution in [0.4, 0.5) is 0 Å². The Hall–Kier alpha value is -2.48. The second-order valence-electron chi connectivity index (χ2n) is 7.76.